The molecule has 0 spiro atoms. The van der Waals surface area contributed by atoms with Crippen molar-refractivity contribution in [1.29, 1.82) is 0 Å². The predicted molar refractivity (Wildman–Crippen MR) is 214 cm³/mol. The number of fused-ring (bicyclic) bond motifs is 7. The van der Waals surface area contributed by atoms with Crippen LogP contribution in [0.15, 0.2) is 133 Å². The molecule has 244 valence electrons. The van der Waals surface area contributed by atoms with E-state index in [1.807, 2.05) is 0 Å². The molecule has 8 rings (SSSR count). The standard InChI is InChI=1S/C49H48/c1-3-5-7-13-29-49(30-14-8-6-4-2)47-34-42(40-22-20-36-16-10-12-18-38(36)32-40)24-27-45(47)46-28-25-43-33-41(23-26-44(43)48(46)49)39-21-19-35-15-9-11-17-37(35)31-39/h9-12,15-28,31-34H,3-8,13-14,29-30H2,1-2H3. The van der Waals surface area contributed by atoms with Crippen LogP contribution in [0, 0.1) is 0 Å². The Morgan fingerprint density at radius 3 is 1.45 bits per heavy atom. The highest BCUT2D eigenvalue weighted by Gasteiger charge is 2.43. The highest BCUT2D eigenvalue weighted by Crippen LogP contribution is 2.57. The Balaban J connectivity index is 1.28. The first-order valence-electron chi connectivity index (χ1n) is 18.9. The van der Waals surface area contributed by atoms with Gasteiger partial charge in [-0.25, -0.2) is 0 Å². The number of rotatable bonds is 12. The Bertz CT molecular complexity index is 2260. The van der Waals surface area contributed by atoms with Crippen LogP contribution in [0.2, 0.25) is 0 Å². The van der Waals surface area contributed by atoms with E-state index in [1.165, 1.54) is 130 Å². The molecule has 0 aromatic heterocycles. The van der Waals surface area contributed by atoms with E-state index < -0.39 is 0 Å². The van der Waals surface area contributed by atoms with Gasteiger partial charge in [-0.1, -0.05) is 174 Å². The summed E-state index contributed by atoms with van der Waals surface area (Å²) in [7, 11) is 0. The van der Waals surface area contributed by atoms with Crippen LogP contribution < -0.4 is 0 Å². The molecule has 0 heteroatoms. The Morgan fingerprint density at radius 2 is 0.857 bits per heavy atom. The maximum atomic E-state index is 2.59. The van der Waals surface area contributed by atoms with Gasteiger partial charge in [0.25, 0.3) is 0 Å². The molecular formula is C49H48. The average molecular weight is 637 g/mol. The minimum atomic E-state index is 0.0168. The topological polar surface area (TPSA) is 0 Å². The fourth-order valence-corrected chi connectivity index (χ4v) is 8.83. The summed E-state index contributed by atoms with van der Waals surface area (Å²) < 4.78 is 0. The van der Waals surface area contributed by atoms with E-state index in [9.17, 15) is 0 Å². The monoisotopic (exact) mass is 636 g/mol. The van der Waals surface area contributed by atoms with Crippen molar-refractivity contribution >= 4 is 32.3 Å². The zero-order chi connectivity index (χ0) is 33.2. The molecule has 0 nitrogen and oxygen atoms in total. The van der Waals surface area contributed by atoms with E-state index in [4.69, 9.17) is 0 Å². The van der Waals surface area contributed by atoms with Crippen LogP contribution in [0.4, 0.5) is 0 Å². The summed E-state index contributed by atoms with van der Waals surface area (Å²) in [5.74, 6) is 0. The van der Waals surface area contributed by atoms with Crippen LogP contribution in [0.3, 0.4) is 0 Å². The average Bonchev–Trinajstić information content (AvgIpc) is 3.43. The zero-order valence-electron chi connectivity index (χ0n) is 29.3. The summed E-state index contributed by atoms with van der Waals surface area (Å²) in [5.41, 5.74) is 11.3. The molecule has 0 saturated carbocycles. The van der Waals surface area contributed by atoms with Crippen LogP contribution >= 0.6 is 0 Å². The van der Waals surface area contributed by atoms with E-state index in [-0.39, 0.29) is 5.41 Å². The fraction of sp³-hybridized carbons (Fsp3) is 0.265. The van der Waals surface area contributed by atoms with Gasteiger partial charge in [0.15, 0.2) is 0 Å². The molecule has 1 aliphatic carbocycles. The van der Waals surface area contributed by atoms with Gasteiger partial charge >= 0.3 is 0 Å². The van der Waals surface area contributed by atoms with Gasteiger partial charge in [-0.05, 0) is 114 Å². The van der Waals surface area contributed by atoms with Gasteiger partial charge in [0.05, 0.1) is 0 Å². The van der Waals surface area contributed by atoms with Crippen molar-refractivity contribution in [3.05, 3.63) is 145 Å². The number of hydrogen-bond acceptors (Lipinski definition) is 0. The fourth-order valence-electron chi connectivity index (χ4n) is 8.83. The van der Waals surface area contributed by atoms with Gasteiger partial charge in [0, 0.05) is 5.41 Å². The number of unbranched alkanes of at least 4 members (excludes halogenated alkanes) is 6. The molecule has 7 aromatic carbocycles. The Hall–Kier alpha value is -4.68. The van der Waals surface area contributed by atoms with Crippen LogP contribution in [0.25, 0.3) is 65.7 Å². The smallest absolute Gasteiger partial charge is 0.0221 e. The first-order chi connectivity index (χ1) is 24.2. The predicted octanol–water partition coefficient (Wildman–Crippen LogP) is 14.7. The second-order valence-corrected chi connectivity index (χ2v) is 14.5. The lowest BCUT2D eigenvalue weighted by Crippen LogP contribution is -2.26. The van der Waals surface area contributed by atoms with E-state index >= 15 is 0 Å². The molecule has 0 N–H and O–H groups in total. The highest BCUT2D eigenvalue weighted by molar-refractivity contribution is 6.00. The SMILES string of the molecule is CCCCCCC1(CCCCCC)c2cc(-c3ccc4ccccc4c3)ccc2-c2ccc3cc(-c4ccc5ccccc5c4)ccc3c21. The van der Waals surface area contributed by atoms with Crippen molar-refractivity contribution in [3.63, 3.8) is 0 Å². The number of hydrogen-bond donors (Lipinski definition) is 0. The maximum Gasteiger partial charge on any atom is 0.0221 e. The summed E-state index contributed by atoms with van der Waals surface area (Å²) in [6.45, 7) is 4.66. The van der Waals surface area contributed by atoms with E-state index in [2.05, 4.69) is 147 Å². The summed E-state index contributed by atoms with van der Waals surface area (Å²) in [5, 5.41) is 8.00. The van der Waals surface area contributed by atoms with Gasteiger partial charge in [-0.3, -0.25) is 0 Å². The van der Waals surface area contributed by atoms with Crippen LogP contribution in [-0.2, 0) is 5.41 Å². The molecule has 0 amide bonds. The Morgan fingerprint density at radius 1 is 0.388 bits per heavy atom. The van der Waals surface area contributed by atoms with Crippen molar-refractivity contribution in [2.24, 2.45) is 0 Å². The highest BCUT2D eigenvalue weighted by atomic mass is 14.5. The summed E-state index contributed by atoms with van der Waals surface area (Å²) >= 11 is 0. The maximum absolute atomic E-state index is 2.59. The molecule has 0 unspecified atom stereocenters. The van der Waals surface area contributed by atoms with Crippen molar-refractivity contribution in [2.45, 2.75) is 83.5 Å². The van der Waals surface area contributed by atoms with Crippen LogP contribution in [0.5, 0.6) is 0 Å². The van der Waals surface area contributed by atoms with E-state index in [0.29, 0.717) is 0 Å². The Labute approximate surface area is 292 Å². The minimum absolute atomic E-state index is 0.0168. The quantitative estimate of drug-likeness (QED) is 0.117. The van der Waals surface area contributed by atoms with Crippen molar-refractivity contribution in [1.82, 2.24) is 0 Å². The summed E-state index contributed by atoms with van der Waals surface area (Å²) in [4.78, 5) is 0. The van der Waals surface area contributed by atoms with Crippen molar-refractivity contribution in [3.8, 4) is 33.4 Å². The van der Waals surface area contributed by atoms with Gasteiger partial charge in [-0.2, -0.15) is 0 Å². The second kappa shape index (κ2) is 13.7. The van der Waals surface area contributed by atoms with E-state index in [1.54, 1.807) is 11.1 Å². The molecule has 0 fully saturated rings. The van der Waals surface area contributed by atoms with Gasteiger partial charge in [-0.15, -0.1) is 0 Å². The normalized spacial score (nSPS) is 13.3. The molecule has 49 heavy (non-hydrogen) atoms. The van der Waals surface area contributed by atoms with Gasteiger partial charge in [0.2, 0.25) is 0 Å². The van der Waals surface area contributed by atoms with Gasteiger partial charge in [0.1, 0.15) is 0 Å². The lowest BCUT2D eigenvalue weighted by Gasteiger charge is -2.34. The molecular weight excluding hydrogens is 589 g/mol. The van der Waals surface area contributed by atoms with Gasteiger partial charge < -0.3 is 0 Å². The lowest BCUT2D eigenvalue weighted by atomic mass is 9.69. The molecule has 0 aliphatic heterocycles. The molecule has 0 bridgehead atoms. The molecule has 0 radical (unpaired) electrons. The van der Waals surface area contributed by atoms with E-state index in [0.717, 1.165) is 0 Å². The third-order valence-electron chi connectivity index (χ3n) is 11.4. The zero-order valence-corrected chi connectivity index (χ0v) is 29.3. The van der Waals surface area contributed by atoms with Crippen molar-refractivity contribution in [2.75, 3.05) is 0 Å². The first-order valence-corrected chi connectivity index (χ1v) is 18.9. The Kier molecular flexibility index (Phi) is 8.81. The molecule has 1 aliphatic rings. The summed E-state index contributed by atoms with van der Waals surface area (Å²) in [6.07, 6.45) is 12.7. The molecule has 7 aromatic rings. The largest absolute Gasteiger partial charge is 0.0654 e. The minimum Gasteiger partial charge on any atom is -0.0654 e. The number of benzene rings is 7. The third kappa shape index (κ3) is 5.86. The van der Waals surface area contributed by atoms with Crippen LogP contribution in [0.1, 0.15) is 89.2 Å². The lowest BCUT2D eigenvalue weighted by molar-refractivity contribution is 0.403. The second-order valence-electron chi connectivity index (χ2n) is 14.5. The molecule has 0 atom stereocenters. The van der Waals surface area contributed by atoms with Crippen molar-refractivity contribution < 1.29 is 0 Å². The summed E-state index contributed by atoms with van der Waals surface area (Å²) in [6, 6.07) is 50.9. The first kappa shape index (κ1) is 31.6. The molecule has 0 saturated heterocycles. The van der Waals surface area contributed by atoms with Crippen LogP contribution in [-0.4, -0.2) is 0 Å². The third-order valence-corrected chi connectivity index (χ3v) is 11.4. The molecule has 0 heterocycles.